The topological polar surface area (TPSA) is 118 Å². The fraction of sp³-hybridized carbons (Fsp3) is 0.250. The molecule has 0 aliphatic carbocycles. The number of likely N-dealkylation sites (tertiary alicyclic amines) is 1. The lowest BCUT2D eigenvalue weighted by Gasteiger charge is -2.30. The fourth-order valence-electron chi connectivity index (χ4n) is 3.92. The van der Waals surface area contributed by atoms with Gasteiger partial charge in [-0.1, -0.05) is 23.7 Å². The number of hydrogen-bond donors (Lipinski definition) is 2. The third-order valence-corrected chi connectivity index (χ3v) is 7.07. The van der Waals surface area contributed by atoms with Gasteiger partial charge in [0.25, 0.3) is 5.91 Å². The van der Waals surface area contributed by atoms with E-state index in [4.69, 9.17) is 20.8 Å². The number of nitrogens with one attached hydrogen (secondary N) is 2. The number of carbonyl (C=O) groups is 2. The number of hydrogen-bond acceptors (Lipinski definition) is 7. The number of piperidine rings is 1. The van der Waals surface area contributed by atoms with Gasteiger partial charge in [0.15, 0.2) is 5.58 Å². The number of rotatable bonds is 5. The molecule has 2 amide bonds. The number of benzene rings is 2. The summed E-state index contributed by atoms with van der Waals surface area (Å²) in [4.78, 5) is 45.2. The number of thiazole rings is 1. The highest BCUT2D eigenvalue weighted by atomic mass is 35.5. The summed E-state index contributed by atoms with van der Waals surface area (Å²) in [5.74, 6) is -0.714. The van der Waals surface area contributed by atoms with E-state index < -0.39 is 5.76 Å². The van der Waals surface area contributed by atoms with Crippen molar-refractivity contribution in [3.05, 3.63) is 79.7 Å². The minimum atomic E-state index is -0.548. The molecule has 2 aromatic heterocycles. The second kappa shape index (κ2) is 9.93. The van der Waals surface area contributed by atoms with Gasteiger partial charge in [-0.3, -0.25) is 9.78 Å². The normalized spacial score (nSPS) is 14.3. The predicted molar refractivity (Wildman–Crippen MR) is 132 cm³/mol. The molecule has 180 valence electrons. The molecule has 1 saturated heterocycles. The van der Waals surface area contributed by atoms with Crippen LogP contribution in [-0.2, 0) is 11.3 Å². The van der Waals surface area contributed by atoms with Crippen molar-refractivity contribution in [3.63, 3.8) is 0 Å². The van der Waals surface area contributed by atoms with Crippen LogP contribution in [0.2, 0.25) is 5.02 Å². The Morgan fingerprint density at radius 1 is 1.20 bits per heavy atom. The van der Waals surface area contributed by atoms with Crippen LogP contribution in [0.5, 0.6) is 0 Å². The summed E-state index contributed by atoms with van der Waals surface area (Å²) in [5, 5.41) is 6.02. The van der Waals surface area contributed by atoms with Crippen LogP contribution in [0.15, 0.2) is 57.1 Å². The first-order chi connectivity index (χ1) is 16.9. The zero-order chi connectivity index (χ0) is 24.4. The number of oxazole rings is 1. The quantitative estimate of drug-likeness (QED) is 0.388. The molecule has 0 bridgehead atoms. The fourth-order valence-corrected chi connectivity index (χ4v) is 5.02. The van der Waals surface area contributed by atoms with E-state index in [-0.39, 0.29) is 24.5 Å². The Morgan fingerprint density at radius 2 is 1.97 bits per heavy atom. The van der Waals surface area contributed by atoms with Gasteiger partial charge >= 0.3 is 11.8 Å². The monoisotopic (exact) mass is 512 g/mol. The number of nitrogens with zero attached hydrogens (tertiary/aromatic N) is 2. The van der Waals surface area contributed by atoms with Crippen LogP contribution in [0.25, 0.3) is 11.1 Å². The maximum atomic E-state index is 12.7. The lowest BCUT2D eigenvalue weighted by molar-refractivity contribution is 0.0870. The van der Waals surface area contributed by atoms with E-state index in [2.05, 4.69) is 15.3 Å². The summed E-state index contributed by atoms with van der Waals surface area (Å²) in [6.45, 7) is 1.32. The van der Waals surface area contributed by atoms with E-state index >= 15 is 0 Å². The molecular formula is C24H21ClN4O5S. The van der Waals surface area contributed by atoms with Gasteiger partial charge < -0.3 is 19.4 Å². The molecule has 0 atom stereocenters. The van der Waals surface area contributed by atoms with Crippen molar-refractivity contribution in [2.45, 2.75) is 25.4 Å². The van der Waals surface area contributed by atoms with Crippen LogP contribution in [0.4, 0.5) is 10.5 Å². The summed E-state index contributed by atoms with van der Waals surface area (Å²) in [7, 11) is 0. The first kappa shape index (κ1) is 23.1. The zero-order valence-electron chi connectivity index (χ0n) is 18.5. The van der Waals surface area contributed by atoms with Crippen molar-refractivity contribution in [1.82, 2.24) is 14.9 Å². The second-order valence-electron chi connectivity index (χ2n) is 8.19. The summed E-state index contributed by atoms with van der Waals surface area (Å²) < 4.78 is 10.4. The Kier molecular flexibility index (Phi) is 6.56. The highest BCUT2D eigenvalue weighted by molar-refractivity contribution is 7.10. The molecule has 35 heavy (non-hydrogen) atoms. The number of halogens is 1. The van der Waals surface area contributed by atoms with Gasteiger partial charge in [0.05, 0.1) is 10.5 Å². The largest absolute Gasteiger partial charge is 0.445 e. The number of H-pyrrole nitrogens is 1. The molecule has 0 unspecified atom stereocenters. The summed E-state index contributed by atoms with van der Waals surface area (Å²) in [5.41, 5.74) is 2.63. The van der Waals surface area contributed by atoms with Gasteiger partial charge in [-0.05, 0) is 42.7 Å². The Bertz CT molecular complexity index is 1420. The molecule has 4 aromatic rings. The smallest absolute Gasteiger partial charge is 0.417 e. The van der Waals surface area contributed by atoms with E-state index in [1.165, 1.54) is 11.3 Å². The van der Waals surface area contributed by atoms with Crippen molar-refractivity contribution >= 4 is 51.7 Å². The molecule has 5 rings (SSSR count). The lowest BCUT2D eigenvalue weighted by Crippen LogP contribution is -2.38. The molecular weight excluding hydrogens is 492 g/mol. The van der Waals surface area contributed by atoms with Crippen LogP contribution in [0.1, 0.15) is 39.8 Å². The van der Waals surface area contributed by atoms with Gasteiger partial charge in [-0.2, -0.15) is 0 Å². The molecule has 1 aliphatic heterocycles. The maximum absolute atomic E-state index is 12.7. The molecule has 11 heteroatoms. The number of carbonyl (C=O) groups excluding carboxylic acids is 2. The zero-order valence-corrected chi connectivity index (χ0v) is 20.0. The molecule has 0 spiro atoms. The molecule has 1 aliphatic rings. The molecule has 0 radical (unpaired) electrons. The number of amides is 2. The molecule has 0 saturated carbocycles. The van der Waals surface area contributed by atoms with E-state index in [0.717, 1.165) is 23.4 Å². The van der Waals surface area contributed by atoms with E-state index in [0.29, 0.717) is 40.6 Å². The first-order valence-corrected chi connectivity index (χ1v) is 12.3. The van der Waals surface area contributed by atoms with Gasteiger partial charge in [0.2, 0.25) is 0 Å². The maximum Gasteiger partial charge on any atom is 0.417 e. The number of fused-ring (bicyclic) bond motifs is 1. The van der Waals surface area contributed by atoms with Gasteiger partial charge in [0, 0.05) is 41.2 Å². The van der Waals surface area contributed by atoms with Gasteiger partial charge in [-0.15, -0.1) is 11.3 Å². The Labute approximate surface area is 208 Å². The third kappa shape index (κ3) is 5.39. The minimum Gasteiger partial charge on any atom is -0.445 e. The average Bonchev–Trinajstić information content (AvgIpc) is 3.50. The van der Waals surface area contributed by atoms with E-state index in [1.54, 1.807) is 40.6 Å². The molecule has 1 fully saturated rings. The van der Waals surface area contributed by atoms with Crippen LogP contribution in [0, 0.1) is 0 Å². The van der Waals surface area contributed by atoms with Gasteiger partial charge in [0.1, 0.15) is 12.3 Å². The summed E-state index contributed by atoms with van der Waals surface area (Å²) in [6, 6.07) is 12.1. The molecule has 2 N–H and O–H groups in total. The summed E-state index contributed by atoms with van der Waals surface area (Å²) >= 11 is 7.32. The Morgan fingerprint density at radius 3 is 2.74 bits per heavy atom. The number of anilines is 1. The standard InChI is InChI=1S/C24H21ClN4O5S/c25-16-3-1-14(2-4-16)12-33-24(32)29-9-7-15(8-10-29)22-27-19(13-35-22)21(30)26-17-5-6-18-20(11-17)34-23(31)28-18/h1-6,11,13,15H,7-10,12H2,(H,26,30)(H,28,31). The van der Waals surface area contributed by atoms with Crippen LogP contribution in [-0.4, -0.2) is 40.0 Å². The lowest BCUT2D eigenvalue weighted by atomic mass is 9.98. The number of ether oxygens (including phenoxy) is 1. The number of aromatic amines is 1. The van der Waals surface area contributed by atoms with Crippen molar-refractivity contribution in [2.24, 2.45) is 0 Å². The van der Waals surface area contributed by atoms with Crippen LogP contribution >= 0.6 is 22.9 Å². The molecule has 9 nitrogen and oxygen atoms in total. The molecule has 2 aromatic carbocycles. The highest BCUT2D eigenvalue weighted by Gasteiger charge is 2.27. The highest BCUT2D eigenvalue weighted by Crippen LogP contribution is 2.31. The van der Waals surface area contributed by atoms with E-state index in [1.807, 2.05) is 12.1 Å². The van der Waals surface area contributed by atoms with Crippen molar-refractivity contribution in [2.75, 3.05) is 18.4 Å². The third-order valence-electron chi connectivity index (χ3n) is 5.81. The van der Waals surface area contributed by atoms with Crippen molar-refractivity contribution in [3.8, 4) is 0 Å². The van der Waals surface area contributed by atoms with E-state index in [9.17, 15) is 14.4 Å². The average molecular weight is 513 g/mol. The summed E-state index contributed by atoms with van der Waals surface area (Å²) in [6.07, 6.45) is 1.15. The second-order valence-corrected chi connectivity index (χ2v) is 9.52. The first-order valence-electron chi connectivity index (χ1n) is 11.0. The number of aromatic nitrogens is 2. The SMILES string of the molecule is O=C(Nc1ccc2[nH]c(=O)oc2c1)c1csc(C2CCN(C(=O)OCc3ccc(Cl)cc3)CC2)n1. The predicted octanol–water partition coefficient (Wildman–Crippen LogP) is 5.00. The minimum absolute atomic E-state index is 0.173. The molecule has 3 heterocycles. The Balaban J connectivity index is 1.13. The van der Waals surface area contributed by atoms with Crippen LogP contribution < -0.4 is 11.1 Å². The Hall–Kier alpha value is -3.63. The van der Waals surface area contributed by atoms with Gasteiger partial charge in [-0.25, -0.2) is 14.6 Å². The van der Waals surface area contributed by atoms with Crippen LogP contribution in [0.3, 0.4) is 0 Å². The van der Waals surface area contributed by atoms with Crippen molar-refractivity contribution < 1.29 is 18.7 Å². The van der Waals surface area contributed by atoms with Crippen molar-refractivity contribution in [1.29, 1.82) is 0 Å².